The average Bonchev–Trinajstić information content (AvgIpc) is 2.93. The molecule has 0 aliphatic heterocycles. The molecule has 0 saturated carbocycles. The number of hydrogen-bond donors (Lipinski definition) is 1. The maximum Gasteiger partial charge on any atom is 0.343 e. The van der Waals surface area contributed by atoms with E-state index in [1.807, 2.05) is 10.6 Å². The third kappa shape index (κ3) is 4.04. The van der Waals surface area contributed by atoms with E-state index in [0.717, 1.165) is 36.2 Å². The first-order chi connectivity index (χ1) is 15.4. The lowest BCUT2D eigenvalue weighted by molar-refractivity contribution is -0.142. The van der Waals surface area contributed by atoms with Gasteiger partial charge in [0.1, 0.15) is 17.4 Å². The Kier molecular flexibility index (Phi) is 6.12. The first-order valence-corrected chi connectivity index (χ1v) is 10.5. The first kappa shape index (κ1) is 21.8. The Morgan fingerprint density at radius 3 is 2.75 bits per heavy atom. The van der Waals surface area contributed by atoms with E-state index in [1.165, 1.54) is 13.2 Å². The molecule has 2 N–H and O–H groups in total. The highest BCUT2D eigenvalue weighted by molar-refractivity contribution is 5.97. The molecule has 1 atom stereocenters. The van der Waals surface area contributed by atoms with E-state index >= 15 is 0 Å². The number of fused-ring (bicyclic) bond motifs is 3. The monoisotopic (exact) mass is 442 g/mol. The number of carbonyl (C=O) groups is 2. The summed E-state index contributed by atoms with van der Waals surface area (Å²) >= 11 is 0. The van der Waals surface area contributed by atoms with Gasteiger partial charge >= 0.3 is 5.97 Å². The summed E-state index contributed by atoms with van der Waals surface area (Å²) in [5, 5.41) is 0.661. The normalized spacial score (nSPS) is 15.8. The molecule has 8 heteroatoms. The van der Waals surface area contributed by atoms with Crippen LogP contribution in [0.25, 0.3) is 10.9 Å². The van der Waals surface area contributed by atoms with Crippen LogP contribution in [-0.4, -0.2) is 30.2 Å². The number of aromatic nitrogens is 1. The molecule has 1 heterocycles. The Bertz CT molecular complexity index is 1190. The molecule has 0 bridgehead atoms. The number of nitrogens with two attached hydrogens (primary N) is 1. The van der Waals surface area contributed by atoms with E-state index in [9.17, 15) is 18.4 Å². The van der Waals surface area contributed by atoms with Crippen LogP contribution in [0.5, 0.6) is 5.75 Å². The van der Waals surface area contributed by atoms with Gasteiger partial charge in [0.25, 0.3) is 0 Å². The molecule has 0 spiro atoms. The van der Waals surface area contributed by atoms with Crippen molar-refractivity contribution in [1.29, 1.82) is 0 Å². The van der Waals surface area contributed by atoms with Gasteiger partial charge in [-0.1, -0.05) is 12.5 Å². The van der Waals surface area contributed by atoms with Gasteiger partial charge in [0.15, 0.2) is 6.61 Å². The second-order valence-electron chi connectivity index (χ2n) is 7.90. The van der Waals surface area contributed by atoms with Crippen molar-refractivity contribution < 1.29 is 27.8 Å². The van der Waals surface area contributed by atoms with Gasteiger partial charge in [-0.3, -0.25) is 4.79 Å². The molecule has 1 aromatic heterocycles. The predicted octanol–water partition coefficient (Wildman–Crippen LogP) is 3.81. The molecular weight excluding hydrogens is 418 g/mol. The Labute approximate surface area is 183 Å². The lowest BCUT2D eigenvalue weighted by Gasteiger charge is -2.14. The van der Waals surface area contributed by atoms with Crippen molar-refractivity contribution in [3.05, 3.63) is 64.9 Å². The van der Waals surface area contributed by atoms with Gasteiger partial charge in [0.05, 0.1) is 25.1 Å². The third-order valence-corrected chi connectivity index (χ3v) is 5.96. The summed E-state index contributed by atoms with van der Waals surface area (Å²) in [5.74, 6) is -2.17. The van der Waals surface area contributed by atoms with Crippen molar-refractivity contribution in [3.8, 4) is 5.75 Å². The number of benzene rings is 2. The van der Waals surface area contributed by atoms with Gasteiger partial charge in [-0.2, -0.15) is 0 Å². The summed E-state index contributed by atoms with van der Waals surface area (Å²) in [6.07, 6.45) is 2.88. The van der Waals surface area contributed by atoms with Crippen LogP contribution >= 0.6 is 0 Å². The van der Waals surface area contributed by atoms with E-state index in [1.54, 1.807) is 12.1 Å². The Morgan fingerprint density at radius 2 is 2.00 bits per heavy atom. The molecule has 4 rings (SSSR count). The number of ether oxygens (including phenoxy) is 2. The molecule has 0 fully saturated rings. The zero-order valence-electron chi connectivity index (χ0n) is 17.7. The summed E-state index contributed by atoms with van der Waals surface area (Å²) in [7, 11) is 1.27. The van der Waals surface area contributed by atoms with E-state index in [-0.39, 0.29) is 18.7 Å². The number of carbonyl (C=O) groups excluding carboxylic acids is 2. The van der Waals surface area contributed by atoms with Gasteiger partial charge in [-0.05, 0) is 55.2 Å². The fourth-order valence-electron chi connectivity index (χ4n) is 4.50. The summed E-state index contributed by atoms with van der Waals surface area (Å²) in [5.41, 5.74) is 8.26. The van der Waals surface area contributed by atoms with Crippen LogP contribution in [0.15, 0.2) is 36.4 Å². The molecule has 3 aromatic rings. The minimum atomic E-state index is -0.545. The van der Waals surface area contributed by atoms with E-state index in [0.29, 0.717) is 29.5 Å². The minimum absolute atomic E-state index is 0.0847. The molecule has 168 valence electrons. The maximum atomic E-state index is 14.5. The van der Waals surface area contributed by atoms with Gasteiger partial charge in [-0.25, -0.2) is 13.6 Å². The zero-order chi connectivity index (χ0) is 22.8. The number of hydrogen-bond acceptors (Lipinski definition) is 4. The number of halogens is 2. The molecule has 32 heavy (non-hydrogen) atoms. The van der Waals surface area contributed by atoms with Crippen LogP contribution in [-0.2, 0) is 27.3 Å². The quantitative estimate of drug-likeness (QED) is 0.465. The highest BCUT2D eigenvalue weighted by atomic mass is 19.1. The highest BCUT2D eigenvalue weighted by Crippen LogP contribution is 2.42. The molecule has 6 nitrogen and oxygen atoms in total. The zero-order valence-corrected chi connectivity index (χ0v) is 17.7. The van der Waals surface area contributed by atoms with Gasteiger partial charge in [0, 0.05) is 16.6 Å². The second kappa shape index (κ2) is 8.98. The molecule has 1 amide bonds. The smallest absolute Gasteiger partial charge is 0.343 e. The Hall–Kier alpha value is -3.42. The number of amides is 1. The molecular formula is C24H24F2N2O4. The van der Waals surface area contributed by atoms with Crippen molar-refractivity contribution in [3.63, 3.8) is 0 Å². The molecule has 1 aliphatic rings. The summed E-state index contributed by atoms with van der Waals surface area (Å²) in [6, 6.07) is 8.66. The topological polar surface area (TPSA) is 83.6 Å². The van der Waals surface area contributed by atoms with Gasteiger partial charge in [0.2, 0.25) is 5.91 Å². The second-order valence-corrected chi connectivity index (χ2v) is 7.90. The lowest BCUT2D eigenvalue weighted by Crippen LogP contribution is -2.22. The molecule has 1 unspecified atom stereocenters. The Morgan fingerprint density at radius 1 is 1.19 bits per heavy atom. The van der Waals surface area contributed by atoms with Crippen LogP contribution in [0, 0.1) is 11.6 Å². The number of nitrogens with zero attached hydrogens (tertiary/aromatic N) is 1. The SMILES string of the molecule is COC(=O)COc1cccc2c1c1c(n2Cc2cc(F)ccc2F)CCCCC1C(N)=O. The predicted molar refractivity (Wildman–Crippen MR) is 114 cm³/mol. The van der Waals surface area contributed by atoms with E-state index in [4.69, 9.17) is 10.5 Å². The first-order valence-electron chi connectivity index (χ1n) is 10.5. The third-order valence-electron chi connectivity index (χ3n) is 5.96. The van der Waals surface area contributed by atoms with E-state index in [2.05, 4.69) is 4.74 Å². The van der Waals surface area contributed by atoms with Crippen molar-refractivity contribution in [2.24, 2.45) is 5.73 Å². The number of primary amides is 1. The number of rotatable bonds is 6. The molecule has 1 aliphatic carbocycles. The number of esters is 1. The van der Waals surface area contributed by atoms with Crippen LogP contribution in [0.1, 0.15) is 42.0 Å². The molecule has 0 radical (unpaired) electrons. The average molecular weight is 442 g/mol. The highest BCUT2D eigenvalue weighted by Gasteiger charge is 2.31. The summed E-state index contributed by atoms with van der Waals surface area (Å²) < 4.78 is 40.6. The van der Waals surface area contributed by atoms with E-state index < -0.39 is 29.4 Å². The molecule has 0 saturated heterocycles. The standard InChI is InChI=1S/C24H24F2N2O4/c1-31-21(29)13-32-20-8-4-7-19-23(20)22-16(24(27)30)5-2-3-6-18(22)28(19)12-14-11-15(25)9-10-17(14)26/h4,7-11,16H,2-3,5-6,12-13H2,1H3,(H2,27,30). The van der Waals surface area contributed by atoms with Crippen molar-refractivity contribution in [1.82, 2.24) is 4.57 Å². The summed E-state index contributed by atoms with van der Waals surface area (Å²) in [4.78, 5) is 24.0. The largest absolute Gasteiger partial charge is 0.481 e. The fourth-order valence-corrected chi connectivity index (χ4v) is 4.50. The molecule has 2 aromatic carbocycles. The maximum absolute atomic E-state index is 14.5. The van der Waals surface area contributed by atoms with Crippen LogP contribution in [0.4, 0.5) is 8.78 Å². The van der Waals surface area contributed by atoms with Crippen LogP contribution < -0.4 is 10.5 Å². The van der Waals surface area contributed by atoms with Crippen molar-refractivity contribution >= 4 is 22.8 Å². The number of methoxy groups -OCH3 is 1. The summed E-state index contributed by atoms with van der Waals surface area (Å²) in [6.45, 7) is -0.212. The van der Waals surface area contributed by atoms with Crippen molar-refractivity contribution in [2.45, 2.75) is 38.1 Å². The lowest BCUT2D eigenvalue weighted by atomic mass is 9.92. The minimum Gasteiger partial charge on any atom is -0.481 e. The van der Waals surface area contributed by atoms with Crippen LogP contribution in [0.3, 0.4) is 0 Å². The Balaban J connectivity index is 1.94. The fraction of sp³-hybridized carbons (Fsp3) is 0.333. The van der Waals surface area contributed by atoms with Crippen molar-refractivity contribution in [2.75, 3.05) is 13.7 Å². The van der Waals surface area contributed by atoms with Crippen LogP contribution in [0.2, 0.25) is 0 Å². The van der Waals surface area contributed by atoms with Gasteiger partial charge in [-0.15, -0.1) is 0 Å². The van der Waals surface area contributed by atoms with Gasteiger partial charge < -0.3 is 19.8 Å².